The summed E-state index contributed by atoms with van der Waals surface area (Å²) in [6, 6.07) is 11.9. The van der Waals surface area contributed by atoms with Crippen LogP contribution in [0.15, 0.2) is 36.4 Å². The van der Waals surface area contributed by atoms with Gasteiger partial charge in [0.1, 0.15) is 5.75 Å². The average molecular weight is 312 g/mol. The van der Waals surface area contributed by atoms with Gasteiger partial charge in [-0.25, -0.2) is 0 Å². The molecule has 2 aromatic carbocycles. The van der Waals surface area contributed by atoms with Gasteiger partial charge in [-0.05, 0) is 55.0 Å². The third-order valence-corrected chi connectivity index (χ3v) is 4.31. The lowest BCUT2D eigenvalue weighted by atomic mass is 9.88. The molecule has 0 aromatic heterocycles. The quantitative estimate of drug-likeness (QED) is 0.865. The summed E-state index contributed by atoms with van der Waals surface area (Å²) in [6.07, 6.45) is 1.31. The van der Waals surface area contributed by atoms with Gasteiger partial charge in [-0.1, -0.05) is 42.8 Å². The fourth-order valence-electron chi connectivity index (χ4n) is 2.88. The molecule has 2 rings (SSSR count). The second kappa shape index (κ2) is 7.32. The normalized spacial score (nSPS) is 12.0. The molecule has 2 aromatic rings. The van der Waals surface area contributed by atoms with Crippen LogP contribution < -0.4 is 4.74 Å². The number of carboxylic acid groups (broad SMARTS) is 1. The Morgan fingerprint density at radius 3 is 2.48 bits per heavy atom. The van der Waals surface area contributed by atoms with E-state index in [0.29, 0.717) is 6.42 Å². The van der Waals surface area contributed by atoms with E-state index in [1.54, 1.807) is 7.11 Å². The molecule has 0 bridgehead atoms. The van der Waals surface area contributed by atoms with Crippen LogP contribution in [-0.4, -0.2) is 18.2 Å². The van der Waals surface area contributed by atoms with E-state index in [1.165, 1.54) is 0 Å². The number of hydrogen-bond acceptors (Lipinski definition) is 2. The summed E-state index contributed by atoms with van der Waals surface area (Å²) in [5.41, 5.74) is 5.24. The molecule has 0 saturated heterocycles. The topological polar surface area (TPSA) is 46.5 Å². The summed E-state index contributed by atoms with van der Waals surface area (Å²) in [5.74, 6) is -0.531. The second-order valence-electron chi connectivity index (χ2n) is 5.95. The van der Waals surface area contributed by atoms with Crippen molar-refractivity contribution in [3.8, 4) is 5.75 Å². The number of hydrogen-bond donors (Lipinski definition) is 1. The molecule has 0 aliphatic carbocycles. The molecule has 0 aliphatic rings. The van der Waals surface area contributed by atoms with Crippen LogP contribution in [0.2, 0.25) is 0 Å². The van der Waals surface area contributed by atoms with Gasteiger partial charge in [0.15, 0.2) is 0 Å². The fourth-order valence-corrected chi connectivity index (χ4v) is 2.88. The highest BCUT2D eigenvalue weighted by atomic mass is 16.5. The summed E-state index contributed by atoms with van der Waals surface area (Å²) in [4.78, 5) is 11.8. The molecule has 0 amide bonds. The summed E-state index contributed by atoms with van der Waals surface area (Å²) < 4.78 is 5.34. The minimum Gasteiger partial charge on any atom is -0.496 e. The SMILES string of the molecule is CCc1cc(C(Cc2cc(C)ccc2C)C(=O)O)ccc1OC. The predicted molar refractivity (Wildman–Crippen MR) is 92.4 cm³/mol. The lowest BCUT2D eigenvalue weighted by molar-refractivity contribution is -0.138. The van der Waals surface area contributed by atoms with Gasteiger partial charge in [0.25, 0.3) is 0 Å². The van der Waals surface area contributed by atoms with Crippen molar-refractivity contribution in [3.05, 3.63) is 64.2 Å². The minimum atomic E-state index is -0.793. The molecular formula is C20H24O3. The Hall–Kier alpha value is -2.29. The molecule has 0 aliphatic heterocycles. The van der Waals surface area contributed by atoms with Crippen LogP contribution in [0, 0.1) is 13.8 Å². The number of aliphatic carboxylic acids is 1. The van der Waals surface area contributed by atoms with Crippen molar-refractivity contribution < 1.29 is 14.6 Å². The Kier molecular flexibility index (Phi) is 5.43. The molecule has 0 saturated carbocycles. The lowest BCUT2D eigenvalue weighted by Crippen LogP contribution is -2.15. The third-order valence-electron chi connectivity index (χ3n) is 4.31. The Bertz CT molecular complexity index is 704. The molecular weight excluding hydrogens is 288 g/mol. The maximum Gasteiger partial charge on any atom is 0.311 e. The zero-order chi connectivity index (χ0) is 17.0. The molecule has 1 unspecified atom stereocenters. The minimum absolute atomic E-state index is 0.498. The van der Waals surface area contributed by atoms with Gasteiger partial charge in [-0.3, -0.25) is 4.79 Å². The Morgan fingerprint density at radius 1 is 1.13 bits per heavy atom. The smallest absolute Gasteiger partial charge is 0.311 e. The van der Waals surface area contributed by atoms with Crippen molar-refractivity contribution in [2.24, 2.45) is 0 Å². The maximum absolute atomic E-state index is 11.8. The van der Waals surface area contributed by atoms with Crippen molar-refractivity contribution in [2.45, 2.75) is 39.5 Å². The third kappa shape index (κ3) is 3.92. The van der Waals surface area contributed by atoms with Crippen LogP contribution >= 0.6 is 0 Å². The van der Waals surface area contributed by atoms with Gasteiger partial charge >= 0.3 is 5.97 Å². The number of carboxylic acids is 1. The van der Waals surface area contributed by atoms with Gasteiger partial charge in [0, 0.05) is 0 Å². The first-order valence-electron chi connectivity index (χ1n) is 7.92. The average Bonchev–Trinajstić information content (AvgIpc) is 2.54. The number of carbonyl (C=O) groups is 1. The molecule has 3 nitrogen and oxygen atoms in total. The molecule has 0 radical (unpaired) electrons. The highest BCUT2D eigenvalue weighted by molar-refractivity contribution is 5.77. The van der Waals surface area contributed by atoms with Crippen molar-refractivity contribution in [3.63, 3.8) is 0 Å². The van der Waals surface area contributed by atoms with Crippen LogP contribution in [-0.2, 0) is 17.6 Å². The molecule has 122 valence electrons. The molecule has 0 fully saturated rings. The lowest BCUT2D eigenvalue weighted by Gasteiger charge is -2.17. The van der Waals surface area contributed by atoms with Gasteiger partial charge in [-0.15, -0.1) is 0 Å². The van der Waals surface area contributed by atoms with Gasteiger partial charge in [0.05, 0.1) is 13.0 Å². The van der Waals surface area contributed by atoms with E-state index in [-0.39, 0.29) is 0 Å². The number of benzene rings is 2. The second-order valence-corrected chi connectivity index (χ2v) is 5.95. The molecule has 3 heteroatoms. The Labute approximate surface area is 137 Å². The van der Waals surface area contributed by atoms with Gasteiger partial charge < -0.3 is 9.84 Å². The number of ether oxygens (including phenoxy) is 1. The molecule has 23 heavy (non-hydrogen) atoms. The number of methoxy groups -OCH3 is 1. The van der Waals surface area contributed by atoms with Crippen LogP contribution in [0.25, 0.3) is 0 Å². The van der Waals surface area contributed by atoms with E-state index in [1.807, 2.05) is 39.0 Å². The number of aryl methyl sites for hydroxylation is 3. The molecule has 0 spiro atoms. The summed E-state index contributed by atoms with van der Waals surface area (Å²) in [6.45, 7) is 6.10. The number of rotatable bonds is 6. The molecule has 1 atom stereocenters. The van der Waals surface area contributed by atoms with Crippen LogP contribution in [0.3, 0.4) is 0 Å². The van der Waals surface area contributed by atoms with E-state index in [9.17, 15) is 9.90 Å². The highest BCUT2D eigenvalue weighted by Gasteiger charge is 2.22. The van der Waals surface area contributed by atoms with E-state index in [0.717, 1.165) is 40.0 Å². The van der Waals surface area contributed by atoms with E-state index < -0.39 is 11.9 Å². The highest BCUT2D eigenvalue weighted by Crippen LogP contribution is 2.28. The predicted octanol–water partition coefficient (Wildman–Crippen LogP) is 4.29. The monoisotopic (exact) mass is 312 g/mol. The zero-order valence-electron chi connectivity index (χ0n) is 14.2. The maximum atomic E-state index is 11.8. The first-order chi connectivity index (χ1) is 11.0. The van der Waals surface area contributed by atoms with Crippen molar-refractivity contribution >= 4 is 5.97 Å². The van der Waals surface area contributed by atoms with Gasteiger partial charge in [0.2, 0.25) is 0 Å². The van der Waals surface area contributed by atoms with Crippen LogP contribution in [0.5, 0.6) is 5.75 Å². The largest absolute Gasteiger partial charge is 0.496 e. The van der Waals surface area contributed by atoms with E-state index >= 15 is 0 Å². The van der Waals surface area contributed by atoms with Gasteiger partial charge in [-0.2, -0.15) is 0 Å². The van der Waals surface area contributed by atoms with E-state index in [4.69, 9.17) is 4.74 Å². The summed E-state index contributed by atoms with van der Waals surface area (Å²) in [5, 5.41) is 9.71. The Balaban J connectivity index is 2.39. The summed E-state index contributed by atoms with van der Waals surface area (Å²) in [7, 11) is 1.64. The van der Waals surface area contributed by atoms with Crippen molar-refractivity contribution in [1.82, 2.24) is 0 Å². The zero-order valence-corrected chi connectivity index (χ0v) is 14.2. The van der Waals surface area contributed by atoms with Crippen LogP contribution in [0.4, 0.5) is 0 Å². The van der Waals surface area contributed by atoms with E-state index in [2.05, 4.69) is 18.2 Å². The standard InChI is InChI=1S/C20H24O3/c1-5-15-11-16(8-9-19(15)23-4)18(20(21)22)12-17-10-13(2)6-7-14(17)3/h6-11,18H,5,12H2,1-4H3,(H,21,22). The molecule has 0 heterocycles. The van der Waals surface area contributed by atoms with Crippen LogP contribution in [0.1, 0.15) is 40.7 Å². The molecule has 1 N–H and O–H groups in total. The Morgan fingerprint density at radius 2 is 1.87 bits per heavy atom. The summed E-state index contributed by atoms with van der Waals surface area (Å²) >= 11 is 0. The first-order valence-corrected chi connectivity index (χ1v) is 7.92. The van der Waals surface area contributed by atoms with Crippen molar-refractivity contribution in [2.75, 3.05) is 7.11 Å². The van der Waals surface area contributed by atoms with Crippen molar-refractivity contribution in [1.29, 1.82) is 0 Å². The first kappa shape index (κ1) is 17.1. The fraction of sp³-hybridized carbons (Fsp3) is 0.350.